The Labute approximate surface area is 229 Å². The van der Waals surface area contributed by atoms with Gasteiger partial charge in [0, 0.05) is 11.1 Å². The average Bonchev–Trinajstić information content (AvgIpc) is 2.92. The number of benzene rings is 2. The molecule has 210 valence electrons. The van der Waals surface area contributed by atoms with Crippen LogP contribution >= 0.6 is 0 Å². The molecular formula is C29H38N4O6. The van der Waals surface area contributed by atoms with E-state index in [1.807, 2.05) is 20.8 Å². The molecule has 0 saturated carbocycles. The number of rotatable bonds is 9. The lowest BCUT2D eigenvalue weighted by atomic mass is 9.87. The lowest BCUT2D eigenvalue weighted by Gasteiger charge is -2.39. The van der Waals surface area contributed by atoms with Crippen LogP contribution in [0.15, 0.2) is 41.4 Å². The van der Waals surface area contributed by atoms with Crippen molar-refractivity contribution in [1.29, 1.82) is 0 Å². The number of nitrogens with two attached hydrogens (primary N) is 1. The molecule has 0 aromatic heterocycles. The monoisotopic (exact) mass is 538 g/mol. The van der Waals surface area contributed by atoms with E-state index in [2.05, 4.69) is 10.3 Å². The molecule has 4 rings (SSSR count). The van der Waals surface area contributed by atoms with Crippen LogP contribution in [0.25, 0.3) is 0 Å². The summed E-state index contributed by atoms with van der Waals surface area (Å²) in [6.45, 7) is 7.99. The van der Waals surface area contributed by atoms with Crippen LogP contribution in [0, 0.1) is 0 Å². The van der Waals surface area contributed by atoms with Crippen molar-refractivity contribution in [2.45, 2.75) is 70.7 Å². The SMILES string of the molecule is CCOc1ccc(C(=O)NC2c3c(OC)cccc3OCC2(C)O)cc1CN1C(=O)CC(CC)(CC)N=C1N. The molecule has 2 aromatic rings. The van der Waals surface area contributed by atoms with Crippen molar-refractivity contribution in [3.05, 3.63) is 53.1 Å². The Kier molecular flexibility index (Phi) is 8.06. The van der Waals surface area contributed by atoms with E-state index in [1.165, 1.54) is 12.0 Å². The molecular weight excluding hydrogens is 500 g/mol. The minimum atomic E-state index is -1.39. The zero-order valence-electron chi connectivity index (χ0n) is 23.2. The maximum atomic E-state index is 13.5. The number of fused-ring (bicyclic) bond motifs is 1. The van der Waals surface area contributed by atoms with Gasteiger partial charge in [-0.1, -0.05) is 19.9 Å². The van der Waals surface area contributed by atoms with Gasteiger partial charge in [-0.2, -0.15) is 0 Å². The molecule has 2 heterocycles. The lowest BCUT2D eigenvalue weighted by molar-refractivity contribution is -0.130. The number of guanidine groups is 1. The Bertz CT molecular complexity index is 1260. The number of carbonyl (C=O) groups excluding carboxylic acids is 2. The minimum Gasteiger partial charge on any atom is -0.496 e. The van der Waals surface area contributed by atoms with Crippen LogP contribution in [-0.4, -0.2) is 59.2 Å². The first kappa shape index (κ1) is 28.2. The molecule has 4 N–H and O–H groups in total. The molecule has 10 nitrogen and oxygen atoms in total. The standard InChI is InChI=1S/C29H38N4O6/c1-6-29(7-2)15-23(34)33(27(30)32-29)16-19-14-18(12-13-20(19)38-8-3)26(35)31-25-24-21(37-5)10-9-11-22(24)39-17-28(25,4)36/h9-14,25,36H,6-8,15-17H2,1-5H3,(H2,30,32)(H,31,35). The number of carbonyl (C=O) groups is 2. The number of hydrogen-bond acceptors (Lipinski definition) is 8. The van der Waals surface area contributed by atoms with Crippen molar-refractivity contribution in [3.63, 3.8) is 0 Å². The second-order valence-corrected chi connectivity index (χ2v) is 10.2. The van der Waals surface area contributed by atoms with Crippen molar-refractivity contribution < 1.29 is 28.9 Å². The van der Waals surface area contributed by atoms with Gasteiger partial charge in [0.15, 0.2) is 5.96 Å². The van der Waals surface area contributed by atoms with Gasteiger partial charge in [0.25, 0.3) is 5.91 Å². The van der Waals surface area contributed by atoms with E-state index >= 15 is 0 Å². The van der Waals surface area contributed by atoms with E-state index < -0.39 is 23.1 Å². The van der Waals surface area contributed by atoms with Crippen molar-refractivity contribution >= 4 is 17.8 Å². The van der Waals surface area contributed by atoms with Gasteiger partial charge >= 0.3 is 0 Å². The minimum absolute atomic E-state index is 0.000658. The maximum Gasteiger partial charge on any atom is 0.251 e. The molecule has 39 heavy (non-hydrogen) atoms. The van der Waals surface area contributed by atoms with Crippen LogP contribution in [0.5, 0.6) is 17.2 Å². The van der Waals surface area contributed by atoms with Crippen LogP contribution in [-0.2, 0) is 11.3 Å². The third-order valence-corrected chi connectivity index (χ3v) is 7.63. The predicted molar refractivity (Wildman–Crippen MR) is 147 cm³/mol. The summed E-state index contributed by atoms with van der Waals surface area (Å²) in [4.78, 5) is 32.8. The molecule has 2 aromatic carbocycles. The summed E-state index contributed by atoms with van der Waals surface area (Å²) in [7, 11) is 1.53. The Morgan fingerprint density at radius 2 is 1.97 bits per heavy atom. The molecule has 10 heteroatoms. The first-order valence-electron chi connectivity index (χ1n) is 13.3. The molecule has 0 aliphatic carbocycles. The van der Waals surface area contributed by atoms with Crippen LogP contribution in [0.3, 0.4) is 0 Å². The second-order valence-electron chi connectivity index (χ2n) is 10.2. The Morgan fingerprint density at radius 3 is 2.62 bits per heavy atom. The molecule has 2 aliphatic rings. The summed E-state index contributed by atoms with van der Waals surface area (Å²) >= 11 is 0. The van der Waals surface area contributed by atoms with E-state index in [4.69, 9.17) is 19.9 Å². The number of aliphatic hydroxyl groups is 1. The van der Waals surface area contributed by atoms with Crippen molar-refractivity contribution in [2.24, 2.45) is 10.7 Å². The highest BCUT2D eigenvalue weighted by molar-refractivity contribution is 5.99. The van der Waals surface area contributed by atoms with E-state index in [-0.39, 0.29) is 31.4 Å². The predicted octanol–water partition coefficient (Wildman–Crippen LogP) is 3.31. The summed E-state index contributed by atoms with van der Waals surface area (Å²) in [5, 5.41) is 14.1. The summed E-state index contributed by atoms with van der Waals surface area (Å²) in [5.74, 6) is 1.21. The largest absolute Gasteiger partial charge is 0.496 e. The third-order valence-electron chi connectivity index (χ3n) is 7.63. The number of nitrogens with one attached hydrogen (secondary N) is 1. The van der Waals surface area contributed by atoms with E-state index in [9.17, 15) is 14.7 Å². The van der Waals surface area contributed by atoms with Crippen LogP contribution < -0.4 is 25.3 Å². The number of aliphatic imine (C=N–C) groups is 1. The first-order valence-corrected chi connectivity index (χ1v) is 13.3. The zero-order valence-corrected chi connectivity index (χ0v) is 23.2. The van der Waals surface area contributed by atoms with Gasteiger partial charge < -0.3 is 30.4 Å². The molecule has 2 amide bonds. The number of amides is 2. The molecule has 2 aliphatic heterocycles. The molecule has 0 radical (unpaired) electrons. The maximum absolute atomic E-state index is 13.5. The van der Waals surface area contributed by atoms with Gasteiger partial charge in [-0.3, -0.25) is 14.5 Å². The second kappa shape index (κ2) is 11.1. The fourth-order valence-electron chi connectivity index (χ4n) is 5.16. The first-order chi connectivity index (χ1) is 18.6. The van der Waals surface area contributed by atoms with Crippen molar-refractivity contribution in [2.75, 3.05) is 20.3 Å². The van der Waals surface area contributed by atoms with Crippen molar-refractivity contribution in [3.8, 4) is 17.2 Å². The lowest BCUT2D eigenvalue weighted by Crippen LogP contribution is -2.51. The third kappa shape index (κ3) is 5.52. The number of ether oxygens (including phenoxy) is 3. The topological polar surface area (TPSA) is 136 Å². The van der Waals surface area contributed by atoms with Gasteiger partial charge in [-0.15, -0.1) is 0 Å². The summed E-state index contributed by atoms with van der Waals surface area (Å²) in [6.07, 6.45) is 1.70. The molecule has 0 fully saturated rings. The molecule has 2 atom stereocenters. The number of nitrogens with zero attached hydrogens (tertiary/aromatic N) is 2. The van der Waals surface area contributed by atoms with E-state index in [0.29, 0.717) is 53.4 Å². The van der Waals surface area contributed by atoms with E-state index in [1.54, 1.807) is 43.3 Å². The highest BCUT2D eigenvalue weighted by atomic mass is 16.5. The quantitative estimate of drug-likeness (QED) is 0.446. The van der Waals surface area contributed by atoms with Gasteiger partial charge in [0.1, 0.15) is 29.5 Å². The average molecular weight is 539 g/mol. The summed E-state index contributed by atoms with van der Waals surface area (Å²) < 4.78 is 17.0. The number of hydrogen-bond donors (Lipinski definition) is 3. The Balaban J connectivity index is 1.65. The van der Waals surface area contributed by atoms with Crippen LogP contribution in [0.4, 0.5) is 0 Å². The Hall–Kier alpha value is -3.79. The Morgan fingerprint density at radius 1 is 1.23 bits per heavy atom. The van der Waals surface area contributed by atoms with Gasteiger partial charge in [0.2, 0.25) is 5.91 Å². The normalized spacial score (nSPS) is 21.9. The summed E-state index contributed by atoms with van der Waals surface area (Å²) in [5.41, 5.74) is 5.92. The molecule has 2 unspecified atom stereocenters. The van der Waals surface area contributed by atoms with Crippen LogP contribution in [0.1, 0.15) is 74.5 Å². The van der Waals surface area contributed by atoms with Gasteiger partial charge in [0.05, 0.1) is 43.8 Å². The van der Waals surface area contributed by atoms with Crippen molar-refractivity contribution in [1.82, 2.24) is 10.2 Å². The van der Waals surface area contributed by atoms with Gasteiger partial charge in [-0.25, -0.2) is 4.99 Å². The van der Waals surface area contributed by atoms with Crippen LogP contribution in [0.2, 0.25) is 0 Å². The highest BCUT2D eigenvalue weighted by Gasteiger charge is 2.43. The number of methoxy groups -OCH3 is 1. The summed E-state index contributed by atoms with van der Waals surface area (Å²) in [6, 6.07) is 9.56. The highest BCUT2D eigenvalue weighted by Crippen LogP contribution is 2.43. The smallest absolute Gasteiger partial charge is 0.251 e. The molecule has 0 spiro atoms. The fraction of sp³-hybridized carbons (Fsp3) is 0.483. The van der Waals surface area contributed by atoms with E-state index in [0.717, 1.165) is 0 Å². The van der Waals surface area contributed by atoms with Gasteiger partial charge in [-0.05, 0) is 57.0 Å². The zero-order chi connectivity index (χ0) is 28.4. The fourth-order valence-corrected chi connectivity index (χ4v) is 5.16. The molecule has 0 bridgehead atoms. The molecule has 0 saturated heterocycles.